The van der Waals surface area contributed by atoms with Crippen LogP contribution in [0.3, 0.4) is 0 Å². The van der Waals surface area contributed by atoms with Gasteiger partial charge in [-0.1, -0.05) is 27.7 Å². The van der Waals surface area contributed by atoms with Crippen LogP contribution in [0.1, 0.15) is 39.6 Å². The van der Waals surface area contributed by atoms with Gasteiger partial charge in [-0.25, -0.2) is 4.98 Å². The number of fused-ring (bicyclic) bond motifs is 1. The van der Waals surface area contributed by atoms with Gasteiger partial charge in [0.25, 0.3) is 0 Å². The first-order chi connectivity index (χ1) is 8.80. The minimum absolute atomic E-state index is 0.282. The van der Waals surface area contributed by atoms with E-state index in [9.17, 15) is 0 Å². The molecule has 1 aliphatic rings. The Morgan fingerprint density at radius 1 is 1.26 bits per heavy atom. The van der Waals surface area contributed by atoms with Crippen LogP contribution >= 0.6 is 34.2 Å². The molecule has 2 nitrogen and oxygen atoms in total. The largest absolute Gasteiger partial charge is 0.323 e. The molecule has 0 atom stereocenters. The molecule has 4 heteroatoms. The summed E-state index contributed by atoms with van der Waals surface area (Å²) < 4.78 is 3.57. The van der Waals surface area contributed by atoms with E-state index in [0.717, 1.165) is 11.3 Å². The second-order valence-corrected chi connectivity index (χ2v) is 8.02. The van der Waals surface area contributed by atoms with Gasteiger partial charge in [0.05, 0.1) is 16.9 Å². The van der Waals surface area contributed by atoms with Gasteiger partial charge < -0.3 is 4.57 Å². The number of aromatic nitrogens is 2. The number of nitrogens with zero attached hydrogens (tertiary/aromatic N) is 2. The third kappa shape index (κ3) is 1.77. The number of rotatable bonds is 2. The summed E-state index contributed by atoms with van der Waals surface area (Å²) in [6.07, 6.45) is 0. The average molecular weight is 389 g/mol. The van der Waals surface area contributed by atoms with E-state index >= 15 is 0 Å². The molecule has 1 saturated carbocycles. The molecule has 0 saturated heterocycles. The molecule has 102 valence electrons. The molecule has 0 aliphatic heterocycles. The lowest BCUT2D eigenvalue weighted by Crippen LogP contribution is -2.05. The lowest BCUT2D eigenvalue weighted by molar-refractivity contribution is 0.457. The molecular weight excluding hydrogens is 371 g/mol. The van der Waals surface area contributed by atoms with Crippen molar-refractivity contribution in [3.05, 3.63) is 27.6 Å². The first-order valence-electron chi connectivity index (χ1n) is 6.53. The zero-order chi connectivity index (χ0) is 14.0. The second-order valence-electron chi connectivity index (χ2n) is 6.51. The van der Waals surface area contributed by atoms with E-state index in [0.29, 0.717) is 11.9 Å². The highest BCUT2D eigenvalue weighted by Crippen LogP contribution is 2.72. The van der Waals surface area contributed by atoms with Crippen LogP contribution < -0.4 is 0 Å². The Labute approximate surface area is 132 Å². The van der Waals surface area contributed by atoms with Crippen LogP contribution in [0.5, 0.6) is 0 Å². The molecule has 0 unspecified atom stereocenters. The molecule has 0 amide bonds. The summed E-state index contributed by atoms with van der Waals surface area (Å²) in [7, 11) is 0. The Bertz CT molecular complexity index is 643. The van der Waals surface area contributed by atoms with Crippen LogP contribution in [-0.4, -0.2) is 9.55 Å². The summed E-state index contributed by atoms with van der Waals surface area (Å²) in [5.41, 5.74) is 2.83. The Kier molecular flexibility index (Phi) is 2.96. The monoisotopic (exact) mass is 388 g/mol. The minimum Gasteiger partial charge on any atom is -0.323 e. The predicted octanol–water partition coefficient (Wildman–Crippen LogP) is 4.99. The van der Waals surface area contributed by atoms with Crippen molar-refractivity contribution < 1.29 is 0 Å². The number of benzene rings is 1. The second kappa shape index (κ2) is 4.10. The van der Waals surface area contributed by atoms with Crippen LogP contribution in [0.2, 0.25) is 0 Å². The van der Waals surface area contributed by atoms with E-state index in [4.69, 9.17) is 16.6 Å². The van der Waals surface area contributed by atoms with Crippen molar-refractivity contribution in [2.75, 3.05) is 0 Å². The van der Waals surface area contributed by atoms with Gasteiger partial charge in [-0.2, -0.15) is 0 Å². The lowest BCUT2D eigenvalue weighted by atomic mass is 10.0. The van der Waals surface area contributed by atoms with Gasteiger partial charge in [0.2, 0.25) is 0 Å². The normalized spacial score (nSPS) is 20.9. The van der Waals surface area contributed by atoms with Crippen molar-refractivity contribution in [1.29, 1.82) is 0 Å². The quantitative estimate of drug-likeness (QED) is 0.524. The van der Waals surface area contributed by atoms with E-state index in [1.165, 1.54) is 9.09 Å². The van der Waals surface area contributed by atoms with Gasteiger partial charge in [-0.15, -0.1) is 11.6 Å². The topological polar surface area (TPSA) is 17.8 Å². The van der Waals surface area contributed by atoms with Gasteiger partial charge in [-0.3, -0.25) is 0 Å². The summed E-state index contributed by atoms with van der Waals surface area (Å²) in [5, 5.41) is 0. The molecule has 1 aliphatic carbocycles. The molecule has 1 aromatic heterocycles. The summed E-state index contributed by atoms with van der Waals surface area (Å²) in [4.78, 5) is 4.71. The molecule has 0 N–H and O–H groups in total. The summed E-state index contributed by atoms with van der Waals surface area (Å²) in [6.45, 7) is 9.31. The Balaban J connectivity index is 2.24. The fourth-order valence-electron chi connectivity index (χ4n) is 3.31. The highest BCUT2D eigenvalue weighted by Gasteiger charge is 2.66. The van der Waals surface area contributed by atoms with E-state index in [1.807, 2.05) is 0 Å². The maximum absolute atomic E-state index is 6.12. The number of hydrogen-bond donors (Lipinski definition) is 0. The average Bonchev–Trinajstić information content (AvgIpc) is 2.63. The van der Waals surface area contributed by atoms with Crippen LogP contribution in [-0.2, 0) is 5.88 Å². The molecule has 0 radical (unpaired) electrons. The summed E-state index contributed by atoms with van der Waals surface area (Å²) >= 11 is 8.44. The van der Waals surface area contributed by atoms with E-state index in [-0.39, 0.29) is 10.8 Å². The smallest absolute Gasteiger partial charge is 0.125 e. The highest BCUT2D eigenvalue weighted by atomic mass is 127. The molecule has 3 rings (SSSR count). The molecular formula is C15H18ClIN2. The van der Waals surface area contributed by atoms with Gasteiger partial charge in [0.15, 0.2) is 0 Å². The van der Waals surface area contributed by atoms with Gasteiger partial charge in [-0.05, 0) is 51.6 Å². The maximum Gasteiger partial charge on any atom is 0.125 e. The first-order valence-corrected chi connectivity index (χ1v) is 8.14. The molecule has 1 heterocycles. The van der Waals surface area contributed by atoms with Gasteiger partial charge in [0.1, 0.15) is 5.82 Å². The van der Waals surface area contributed by atoms with Crippen LogP contribution in [0.15, 0.2) is 18.2 Å². The SMILES string of the molecule is CC1(C)C(n2c(CCl)nc3cc(I)ccc32)C1(C)C. The Hall–Kier alpha value is -0.290. The molecule has 2 aromatic rings. The van der Waals surface area contributed by atoms with Crippen LogP contribution in [0.4, 0.5) is 0 Å². The Morgan fingerprint density at radius 3 is 2.42 bits per heavy atom. The molecule has 0 bridgehead atoms. The zero-order valence-electron chi connectivity index (χ0n) is 11.7. The van der Waals surface area contributed by atoms with E-state index in [2.05, 4.69) is 73.1 Å². The summed E-state index contributed by atoms with van der Waals surface area (Å²) in [6, 6.07) is 6.91. The first kappa shape index (κ1) is 13.7. The minimum atomic E-state index is 0.282. The molecule has 19 heavy (non-hydrogen) atoms. The van der Waals surface area contributed by atoms with Crippen LogP contribution in [0, 0.1) is 14.4 Å². The van der Waals surface area contributed by atoms with Crippen molar-refractivity contribution >= 4 is 45.2 Å². The third-order valence-corrected chi connectivity index (χ3v) is 5.96. The zero-order valence-corrected chi connectivity index (χ0v) is 14.6. The van der Waals surface area contributed by atoms with E-state index < -0.39 is 0 Å². The van der Waals surface area contributed by atoms with Crippen molar-refractivity contribution in [1.82, 2.24) is 9.55 Å². The van der Waals surface area contributed by atoms with Crippen LogP contribution in [0.25, 0.3) is 11.0 Å². The fraction of sp³-hybridized carbons (Fsp3) is 0.533. The van der Waals surface area contributed by atoms with Gasteiger partial charge in [0, 0.05) is 9.61 Å². The maximum atomic E-state index is 6.12. The standard InChI is InChI=1S/C15H18ClIN2/c1-14(2)13(15(14,3)4)19-11-6-5-9(17)7-10(11)18-12(19)8-16/h5-7,13H,8H2,1-4H3. The number of imidazole rings is 1. The molecule has 1 aromatic carbocycles. The Morgan fingerprint density at radius 2 is 1.89 bits per heavy atom. The number of halogens is 2. The molecule has 1 fully saturated rings. The molecule has 0 spiro atoms. The van der Waals surface area contributed by atoms with E-state index in [1.54, 1.807) is 0 Å². The van der Waals surface area contributed by atoms with Crippen molar-refractivity contribution in [2.45, 2.75) is 39.6 Å². The lowest BCUT2D eigenvalue weighted by Gasteiger charge is -2.10. The van der Waals surface area contributed by atoms with Crippen molar-refractivity contribution in [3.63, 3.8) is 0 Å². The predicted molar refractivity (Wildman–Crippen MR) is 88.6 cm³/mol. The number of hydrogen-bond acceptors (Lipinski definition) is 1. The highest BCUT2D eigenvalue weighted by molar-refractivity contribution is 14.1. The number of alkyl halides is 1. The van der Waals surface area contributed by atoms with Crippen molar-refractivity contribution in [3.8, 4) is 0 Å². The summed E-state index contributed by atoms with van der Waals surface area (Å²) in [5.74, 6) is 1.45. The van der Waals surface area contributed by atoms with Gasteiger partial charge >= 0.3 is 0 Å². The fourth-order valence-corrected chi connectivity index (χ4v) is 3.97. The third-order valence-electron chi connectivity index (χ3n) is 5.05. The van der Waals surface area contributed by atoms with Crippen molar-refractivity contribution in [2.24, 2.45) is 10.8 Å².